The molecule has 18 heavy (non-hydrogen) atoms. The Bertz CT molecular complexity index is 394. The highest BCUT2D eigenvalue weighted by molar-refractivity contribution is 6.69. The van der Waals surface area contributed by atoms with Crippen LogP contribution in [0.15, 0.2) is 12.7 Å². The summed E-state index contributed by atoms with van der Waals surface area (Å²) in [5.41, 5.74) is 7.99. The summed E-state index contributed by atoms with van der Waals surface area (Å²) in [6, 6.07) is 0. The van der Waals surface area contributed by atoms with E-state index in [2.05, 4.69) is 16.1 Å². The maximum absolute atomic E-state index is 11.7. The van der Waals surface area contributed by atoms with Gasteiger partial charge in [-0.15, -0.1) is 6.58 Å². The van der Waals surface area contributed by atoms with Crippen molar-refractivity contribution in [3.8, 4) is 0 Å². The molecule has 0 aliphatic rings. The minimum Gasteiger partial charge on any atom is -0.460 e. The first-order chi connectivity index (χ1) is 8.25. The summed E-state index contributed by atoms with van der Waals surface area (Å²) in [5.74, 6) is -1.62. The molecule has 1 unspecified atom stereocenters. The average molecular weight is 270 g/mol. The molecule has 0 rings (SSSR count). The fourth-order valence-corrected chi connectivity index (χ4v) is 2.30. The third-order valence-electron chi connectivity index (χ3n) is 1.90. The predicted molar refractivity (Wildman–Crippen MR) is 68.7 cm³/mol. The molecular weight excluding hydrogens is 252 g/mol. The molecule has 0 bridgehead atoms. The Morgan fingerprint density at radius 2 is 2.00 bits per heavy atom. The van der Waals surface area contributed by atoms with Gasteiger partial charge in [0, 0.05) is 6.42 Å². The molecule has 0 aliphatic carbocycles. The smallest absolute Gasteiger partial charge is 0.441 e. The summed E-state index contributed by atoms with van der Waals surface area (Å²) in [6.45, 7) is 9.48. The van der Waals surface area contributed by atoms with Gasteiger partial charge in [-0.25, -0.2) is 4.79 Å². The molecular formula is C11H18N2O4Si. The van der Waals surface area contributed by atoms with Crippen molar-refractivity contribution in [2.24, 2.45) is 0 Å². The van der Waals surface area contributed by atoms with E-state index in [4.69, 9.17) is 9.96 Å². The molecule has 1 atom stereocenters. The number of methoxy groups -OCH3 is 1. The fourth-order valence-electron chi connectivity index (χ4n) is 1.21. The van der Waals surface area contributed by atoms with Crippen LogP contribution >= 0.6 is 0 Å². The molecule has 0 aromatic rings. The van der Waals surface area contributed by atoms with Crippen molar-refractivity contribution in [3.63, 3.8) is 0 Å². The topological polar surface area (TPSA) is 89.0 Å². The molecule has 0 amide bonds. The van der Waals surface area contributed by atoms with E-state index >= 15 is 0 Å². The molecule has 0 aliphatic heterocycles. The normalized spacial score (nSPS) is 12.2. The second-order valence-corrected chi connectivity index (χ2v) is 9.03. The summed E-state index contributed by atoms with van der Waals surface area (Å²) in [4.78, 5) is 25.5. The third-order valence-corrected chi connectivity index (χ3v) is 2.91. The van der Waals surface area contributed by atoms with Gasteiger partial charge in [-0.1, -0.05) is 6.08 Å². The van der Waals surface area contributed by atoms with Crippen LogP contribution in [-0.4, -0.2) is 43.8 Å². The molecule has 6 nitrogen and oxygen atoms in total. The first-order valence-corrected chi connectivity index (χ1v) is 8.80. The van der Waals surface area contributed by atoms with Crippen LogP contribution in [0.3, 0.4) is 0 Å². The van der Waals surface area contributed by atoms with Crippen molar-refractivity contribution >= 4 is 25.8 Å². The predicted octanol–water partition coefficient (Wildman–Crippen LogP) is 1.20. The molecule has 0 heterocycles. The van der Waals surface area contributed by atoms with E-state index < -0.39 is 31.9 Å². The van der Waals surface area contributed by atoms with E-state index in [0.717, 1.165) is 7.11 Å². The number of ketones is 1. The molecule has 0 N–H and O–H groups in total. The van der Waals surface area contributed by atoms with E-state index in [9.17, 15) is 9.59 Å². The summed E-state index contributed by atoms with van der Waals surface area (Å²) in [6.07, 6.45) is 0.871. The Hall–Kier alpha value is -1.56. The number of ether oxygens (including phenoxy) is 1. The Morgan fingerprint density at radius 3 is 2.33 bits per heavy atom. The highest BCUT2D eigenvalue weighted by atomic mass is 28.4. The number of carbonyl (C=O) groups excluding carboxylic acids is 2. The number of carbonyl (C=O) groups is 2. The Morgan fingerprint density at radius 1 is 1.44 bits per heavy atom. The molecule has 0 aromatic heterocycles. The summed E-state index contributed by atoms with van der Waals surface area (Å²) in [7, 11) is -0.729. The van der Waals surface area contributed by atoms with Crippen LogP contribution in [-0.2, 0) is 18.8 Å². The molecule has 100 valence electrons. The second-order valence-electron chi connectivity index (χ2n) is 4.57. The second kappa shape index (κ2) is 7.00. The molecule has 0 saturated heterocycles. The van der Waals surface area contributed by atoms with E-state index in [1.54, 1.807) is 0 Å². The lowest BCUT2D eigenvalue weighted by molar-refractivity contribution is -0.139. The van der Waals surface area contributed by atoms with Crippen molar-refractivity contribution in [2.45, 2.75) is 32.2 Å². The Balaban J connectivity index is 4.77. The maximum Gasteiger partial charge on any atom is 0.441 e. The van der Waals surface area contributed by atoms with Gasteiger partial charge >= 0.3 is 11.7 Å². The van der Waals surface area contributed by atoms with Crippen LogP contribution in [0.4, 0.5) is 0 Å². The van der Waals surface area contributed by atoms with Crippen LogP contribution in [0.25, 0.3) is 5.53 Å². The standard InChI is InChI=1S/C11H18N2O4Si/c1-6-8(17-18(3,4)5)7-9(14)10(13-12)11(15)16-2/h6,8H,1,7H2,2-5H3. The number of nitrogens with zero attached hydrogens (tertiary/aromatic N) is 2. The quantitative estimate of drug-likeness (QED) is 0.132. The van der Waals surface area contributed by atoms with E-state index in [-0.39, 0.29) is 6.42 Å². The van der Waals surface area contributed by atoms with Crippen molar-refractivity contribution < 1.29 is 23.5 Å². The van der Waals surface area contributed by atoms with Crippen LogP contribution < -0.4 is 0 Å². The van der Waals surface area contributed by atoms with Gasteiger partial charge in [-0.3, -0.25) is 4.79 Å². The first-order valence-electron chi connectivity index (χ1n) is 5.39. The fraction of sp³-hybridized carbons (Fsp3) is 0.545. The van der Waals surface area contributed by atoms with E-state index in [1.807, 2.05) is 19.6 Å². The zero-order valence-corrected chi connectivity index (χ0v) is 12.1. The Labute approximate surface area is 107 Å². The molecule has 7 heteroatoms. The zero-order valence-electron chi connectivity index (χ0n) is 11.1. The van der Waals surface area contributed by atoms with Gasteiger partial charge in [0.2, 0.25) is 0 Å². The molecule has 0 radical (unpaired) electrons. The number of hydrogen-bond donors (Lipinski definition) is 0. The van der Waals surface area contributed by atoms with Gasteiger partial charge < -0.3 is 14.7 Å². The van der Waals surface area contributed by atoms with Gasteiger partial charge in [-0.2, -0.15) is 4.79 Å². The van der Waals surface area contributed by atoms with Crippen LogP contribution in [0, 0.1) is 0 Å². The first kappa shape index (κ1) is 16.4. The van der Waals surface area contributed by atoms with Crippen LogP contribution in [0.5, 0.6) is 0 Å². The van der Waals surface area contributed by atoms with Crippen LogP contribution in [0.2, 0.25) is 19.6 Å². The number of Topliss-reactive ketones (excluding diaryl/α,β-unsaturated/α-hetero) is 1. The number of hydrogen-bond acceptors (Lipinski definition) is 4. The lowest BCUT2D eigenvalue weighted by atomic mass is 10.1. The highest BCUT2D eigenvalue weighted by Crippen LogP contribution is 2.11. The monoisotopic (exact) mass is 270 g/mol. The van der Waals surface area contributed by atoms with Gasteiger partial charge in [0.05, 0.1) is 13.2 Å². The van der Waals surface area contributed by atoms with Crippen molar-refractivity contribution in [1.82, 2.24) is 0 Å². The summed E-state index contributed by atoms with van der Waals surface area (Å²) in [5, 5.41) is 0. The van der Waals surface area contributed by atoms with Gasteiger partial charge in [0.1, 0.15) is 0 Å². The van der Waals surface area contributed by atoms with Gasteiger partial charge in [0.25, 0.3) is 5.78 Å². The zero-order chi connectivity index (χ0) is 14.3. The van der Waals surface area contributed by atoms with E-state index in [0.29, 0.717) is 0 Å². The molecule has 0 spiro atoms. The van der Waals surface area contributed by atoms with Crippen molar-refractivity contribution in [3.05, 3.63) is 18.2 Å². The summed E-state index contributed by atoms with van der Waals surface area (Å²) >= 11 is 0. The molecule has 0 aromatic carbocycles. The summed E-state index contributed by atoms with van der Waals surface area (Å²) < 4.78 is 10.0. The van der Waals surface area contributed by atoms with Crippen molar-refractivity contribution in [1.29, 1.82) is 0 Å². The van der Waals surface area contributed by atoms with Crippen LogP contribution in [0.1, 0.15) is 6.42 Å². The van der Waals surface area contributed by atoms with Crippen molar-refractivity contribution in [2.75, 3.05) is 7.11 Å². The third kappa shape index (κ3) is 5.67. The number of rotatable bonds is 7. The lowest BCUT2D eigenvalue weighted by Gasteiger charge is -2.22. The number of esters is 1. The largest absolute Gasteiger partial charge is 0.460 e. The molecule has 0 saturated carbocycles. The molecule has 0 fully saturated rings. The lowest BCUT2D eigenvalue weighted by Crippen LogP contribution is -2.35. The minimum atomic E-state index is -1.83. The average Bonchev–Trinajstić information content (AvgIpc) is 2.26. The minimum absolute atomic E-state index is 0.109. The Kier molecular flexibility index (Phi) is 6.39. The highest BCUT2D eigenvalue weighted by Gasteiger charge is 2.33. The van der Waals surface area contributed by atoms with E-state index in [1.165, 1.54) is 6.08 Å². The maximum atomic E-state index is 11.7. The van der Waals surface area contributed by atoms with Gasteiger partial charge in [-0.05, 0) is 19.6 Å². The SMILES string of the molecule is C=CC(CC(=O)C(=[N+]=[N-])C(=O)OC)O[Si](C)(C)C. The van der Waals surface area contributed by atoms with Gasteiger partial charge in [0.15, 0.2) is 8.32 Å².